The van der Waals surface area contributed by atoms with E-state index >= 15 is 0 Å². The van der Waals surface area contributed by atoms with Gasteiger partial charge in [-0.15, -0.1) is 0 Å². The number of fused-ring (bicyclic) bond motifs is 1. The minimum Gasteiger partial charge on any atom is -0.387 e. The highest BCUT2D eigenvalue weighted by atomic mass is 32.5. The van der Waals surface area contributed by atoms with Crippen LogP contribution in [0.4, 0.5) is 5.95 Å². The van der Waals surface area contributed by atoms with E-state index in [1.165, 1.54) is 18.0 Å². The second-order valence-corrected chi connectivity index (χ2v) is 8.21. The highest BCUT2D eigenvalue weighted by Gasteiger charge is 2.45. The summed E-state index contributed by atoms with van der Waals surface area (Å²) in [5.74, 6) is -0.131. The topological polar surface area (TPSA) is 178 Å². The summed E-state index contributed by atoms with van der Waals surface area (Å²) in [7, 11) is 1.19. The van der Waals surface area contributed by atoms with Gasteiger partial charge in [-0.3, -0.25) is 14.3 Å². The van der Waals surface area contributed by atoms with Crippen molar-refractivity contribution < 1.29 is 28.9 Å². The molecule has 0 aliphatic carbocycles. The molecule has 2 aromatic heterocycles. The zero-order chi connectivity index (χ0) is 18.4. The van der Waals surface area contributed by atoms with Crippen LogP contribution in [0.5, 0.6) is 0 Å². The second-order valence-electron chi connectivity index (χ2n) is 5.27. The Bertz CT molecular complexity index is 887. The fourth-order valence-corrected chi connectivity index (χ4v) is 3.07. The number of rotatable bonds is 5. The van der Waals surface area contributed by atoms with Crippen molar-refractivity contribution in [2.75, 3.05) is 19.5 Å². The van der Waals surface area contributed by atoms with Gasteiger partial charge < -0.3 is 34.6 Å². The number of nitrogen functional groups attached to an aromatic ring is 1. The molecule has 1 fully saturated rings. The third-order valence-electron chi connectivity index (χ3n) is 3.69. The van der Waals surface area contributed by atoms with E-state index in [1.807, 2.05) is 0 Å². The molecule has 0 spiro atoms. The molecule has 5 atom stereocenters. The SMILES string of the molecule is COP(O)(=S)OCC1OC(n2cnc3c(=O)[nH]c(N)nc32)C(O)C1O. The van der Waals surface area contributed by atoms with Crippen molar-refractivity contribution in [3.05, 3.63) is 16.7 Å². The Balaban J connectivity index is 1.87. The normalized spacial score (nSPS) is 29.1. The van der Waals surface area contributed by atoms with Crippen molar-refractivity contribution in [2.24, 2.45) is 0 Å². The summed E-state index contributed by atoms with van der Waals surface area (Å²) in [5, 5.41) is 20.4. The molecule has 0 saturated carbocycles. The number of hydrogen-bond acceptors (Lipinski definition) is 10. The molecule has 2 aromatic rings. The highest BCUT2D eigenvalue weighted by Crippen LogP contribution is 2.43. The molecule has 0 amide bonds. The standard InChI is InChI=1S/C11H16N5O7PS/c1-21-24(20,25)22-2-4-6(17)7(18)10(23-4)16-3-13-5-8(16)14-11(12)15-9(5)19/h3-4,6-7,10,17-18H,2H2,1H3,(H,20,25)(H3,12,14,15,19). The van der Waals surface area contributed by atoms with Crippen LogP contribution in [0.3, 0.4) is 0 Å². The van der Waals surface area contributed by atoms with Crippen molar-refractivity contribution in [1.82, 2.24) is 19.5 Å². The van der Waals surface area contributed by atoms with Gasteiger partial charge in [0.2, 0.25) is 5.95 Å². The molecule has 0 bridgehead atoms. The molecule has 5 unspecified atom stereocenters. The van der Waals surface area contributed by atoms with E-state index < -0.39 is 36.8 Å². The van der Waals surface area contributed by atoms with E-state index in [0.29, 0.717) is 0 Å². The number of nitrogens with two attached hydrogens (primary N) is 1. The average molecular weight is 393 g/mol. The number of H-pyrrole nitrogens is 1. The maximum atomic E-state index is 11.8. The third-order valence-corrected chi connectivity index (χ3v) is 5.39. The Labute approximate surface area is 145 Å². The summed E-state index contributed by atoms with van der Waals surface area (Å²) in [4.78, 5) is 31.6. The van der Waals surface area contributed by atoms with E-state index in [0.717, 1.165) is 0 Å². The van der Waals surface area contributed by atoms with Crippen molar-refractivity contribution in [2.45, 2.75) is 24.5 Å². The first-order chi connectivity index (χ1) is 11.7. The van der Waals surface area contributed by atoms with Crippen molar-refractivity contribution in [3.8, 4) is 0 Å². The predicted molar refractivity (Wildman–Crippen MR) is 87.9 cm³/mol. The molecule has 1 saturated heterocycles. The Morgan fingerprint density at radius 1 is 1.52 bits per heavy atom. The van der Waals surface area contributed by atoms with Crippen LogP contribution in [0, 0.1) is 0 Å². The van der Waals surface area contributed by atoms with Crippen LogP contribution in [0.2, 0.25) is 0 Å². The van der Waals surface area contributed by atoms with Gasteiger partial charge in [-0.25, -0.2) is 4.98 Å². The van der Waals surface area contributed by atoms with Crippen LogP contribution >= 0.6 is 6.72 Å². The number of aliphatic hydroxyl groups excluding tert-OH is 2. The third kappa shape index (κ3) is 3.45. The van der Waals surface area contributed by atoms with Gasteiger partial charge in [0, 0.05) is 7.11 Å². The van der Waals surface area contributed by atoms with Gasteiger partial charge in [0.25, 0.3) is 5.56 Å². The number of nitrogens with zero attached hydrogens (tertiary/aromatic N) is 3. The van der Waals surface area contributed by atoms with Gasteiger partial charge in [0.15, 0.2) is 17.4 Å². The summed E-state index contributed by atoms with van der Waals surface area (Å²) in [6.07, 6.45) is -3.56. The first-order valence-corrected chi connectivity index (χ1v) is 9.59. The summed E-state index contributed by atoms with van der Waals surface area (Å²) >= 11 is 4.69. The van der Waals surface area contributed by atoms with Crippen molar-refractivity contribution >= 4 is 35.6 Å². The molecule has 1 aliphatic rings. The molecule has 25 heavy (non-hydrogen) atoms. The monoisotopic (exact) mass is 393 g/mol. The molecule has 6 N–H and O–H groups in total. The minimum absolute atomic E-state index is 0.00410. The zero-order valence-electron chi connectivity index (χ0n) is 12.8. The van der Waals surface area contributed by atoms with Crippen LogP contribution in [0.25, 0.3) is 11.2 Å². The minimum atomic E-state index is -3.44. The lowest BCUT2D eigenvalue weighted by atomic mass is 10.1. The van der Waals surface area contributed by atoms with Crippen LogP contribution in [0.15, 0.2) is 11.1 Å². The Kier molecular flexibility index (Phi) is 4.92. The zero-order valence-corrected chi connectivity index (χ0v) is 14.6. The molecule has 1 aliphatic heterocycles. The number of aromatic nitrogens is 4. The lowest BCUT2D eigenvalue weighted by Crippen LogP contribution is -2.33. The van der Waals surface area contributed by atoms with Crippen LogP contribution < -0.4 is 11.3 Å². The van der Waals surface area contributed by atoms with Gasteiger partial charge in [0.1, 0.15) is 18.3 Å². The fraction of sp³-hybridized carbons (Fsp3) is 0.545. The predicted octanol–water partition coefficient (Wildman–Crippen LogP) is -1.80. The number of anilines is 1. The first kappa shape index (κ1) is 18.4. The lowest BCUT2D eigenvalue weighted by Gasteiger charge is -2.18. The van der Waals surface area contributed by atoms with E-state index in [4.69, 9.17) is 26.8 Å². The van der Waals surface area contributed by atoms with Gasteiger partial charge in [-0.1, -0.05) is 0 Å². The molecule has 3 heterocycles. The Morgan fingerprint density at radius 3 is 2.92 bits per heavy atom. The van der Waals surface area contributed by atoms with E-state index in [-0.39, 0.29) is 23.7 Å². The van der Waals surface area contributed by atoms with Gasteiger partial charge >= 0.3 is 6.72 Å². The smallest absolute Gasteiger partial charge is 0.324 e. The molecular formula is C11H16N5O7PS. The van der Waals surface area contributed by atoms with Crippen LogP contribution in [0.1, 0.15) is 6.23 Å². The average Bonchev–Trinajstić information content (AvgIpc) is 3.08. The van der Waals surface area contributed by atoms with Gasteiger partial charge in [-0.05, 0) is 11.8 Å². The Morgan fingerprint density at radius 2 is 2.24 bits per heavy atom. The number of aromatic amines is 1. The molecular weight excluding hydrogens is 377 g/mol. The molecule has 14 heteroatoms. The number of nitrogens with one attached hydrogen (secondary N) is 1. The molecule has 3 rings (SSSR count). The van der Waals surface area contributed by atoms with E-state index in [2.05, 4.69) is 19.5 Å². The molecule has 138 valence electrons. The number of imidazole rings is 1. The van der Waals surface area contributed by atoms with Crippen LogP contribution in [-0.2, 0) is 25.6 Å². The Hall–Kier alpha value is -1.44. The first-order valence-electron chi connectivity index (χ1n) is 7.00. The molecule has 12 nitrogen and oxygen atoms in total. The van der Waals surface area contributed by atoms with E-state index in [1.54, 1.807) is 0 Å². The lowest BCUT2D eigenvalue weighted by molar-refractivity contribution is -0.0490. The summed E-state index contributed by atoms with van der Waals surface area (Å²) in [6, 6.07) is 0. The molecule has 0 radical (unpaired) electrons. The quantitative estimate of drug-likeness (QED) is 0.362. The van der Waals surface area contributed by atoms with E-state index in [9.17, 15) is 19.9 Å². The summed E-state index contributed by atoms with van der Waals surface area (Å²) in [6.45, 7) is -3.74. The summed E-state index contributed by atoms with van der Waals surface area (Å²) < 4.78 is 16.5. The maximum absolute atomic E-state index is 11.8. The summed E-state index contributed by atoms with van der Waals surface area (Å²) in [5.41, 5.74) is 5.07. The number of ether oxygens (including phenoxy) is 1. The van der Waals surface area contributed by atoms with Crippen LogP contribution in [-0.4, -0.2) is 66.7 Å². The van der Waals surface area contributed by atoms with Crippen molar-refractivity contribution in [3.63, 3.8) is 0 Å². The molecule has 0 aromatic carbocycles. The van der Waals surface area contributed by atoms with Gasteiger partial charge in [-0.2, -0.15) is 4.98 Å². The number of aliphatic hydroxyl groups is 2. The highest BCUT2D eigenvalue weighted by molar-refractivity contribution is 8.07. The largest absolute Gasteiger partial charge is 0.387 e. The fourth-order valence-electron chi connectivity index (χ4n) is 2.45. The second kappa shape index (κ2) is 6.70. The van der Waals surface area contributed by atoms with Crippen molar-refractivity contribution in [1.29, 1.82) is 0 Å². The maximum Gasteiger partial charge on any atom is 0.324 e. The van der Waals surface area contributed by atoms with Gasteiger partial charge in [0.05, 0.1) is 12.9 Å². The number of hydrogen-bond donors (Lipinski definition) is 5.